The summed E-state index contributed by atoms with van der Waals surface area (Å²) < 4.78 is 5.12. The number of rotatable bonds is 8. The summed E-state index contributed by atoms with van der Waals surface area (Å²) in [5.41, 5.74) is 5.14. The van der Waals surface area contributed by atoms with Crippen LogP contribution in [0.4, 0.5) is 9.59 Å². The maximum absolute atomic E-state index is 12.8. The number of carbonyl (C=O) groups excluding carboxylic acids is 4. The van der Waals surface area contributed by atoms with Crippen LogP contribution in [-0.4, -0.2) is 64.7 Å². The lowest BCUT2D eigenvalue weighted by Crippen LogP contribution is -2.54. The molecule has 2 atom stereocenters. The number of hydrazine groups is 1. The van der Waals surface area contributed by atoms with Gasteiger partial charge in [0.25, 0.3) is 5.91 Å². The van der Waals surface area contributed by atoms with Crippen molar-refractivity contribution >= 4 is 23.9 Å². The summed E-state index contributed by atoms with van der Waals surface area (Å²) in [5, 5.41) is 3.93. The second kappa shape index (κ2) is 11.2. The molecule has 3 N–H and O–H groups in total. The Morgan fingerprint density at radius 3 is 2.53 bits per heavy atom. The second-order valence-electron chi connectivity index (χ2n) is 9.34. The molecule has 5 amide bonds. The van der Waals surface area contributed by atoms with Crippen molar-refractivity contribution < 1.29 is 28.8 Å². The molecule has 2 heterocycles. The molecule has 3 rings (SSSR count). The van der Waals surface area contributed by atoms with Crippen molar-refractivity contribution in [3.63, 3.8) is 0 Å². The highest BCUT2D eigenvalue weighted by Crippen LogP contribution is 2.30. The number of fused-ring (bicyclic) bond motifs is 2. The molecule has 1 aromatic carbocycles. The molecule has 11 heteroatoms. The fourth-order valence-electron chi connectivity index (χ4n) is 3.82. The number of nitrogens with zero attached hydrogens (tertiary/aromatic N) is 2. The maximum Gasteiger partial charge on any atom is 0.407 e. The zero-order valence-electron chi connectivity index (χ0n) is 19.8. The average molecular weight is 476 g/mol. The first kappa shape index (κ1) is 25.3. The minimum Gasteiger partial charge on any atom is -0.444 e. The van der Waals surface area contributed by atoms with Crippen molar-refractivity contribution in [2.45, 2.75) is 70.7 Å². The number of ether oxygens (including phenoxy) is 1. The van der Waals surface area contributed by atoms with Crippen molar-refractivity contribution in [1.82, 2.24) is 26.1 Å². The third-order valence-electron chi connectivity index (χ3n) is 5.41. The van der Waals surface area contributed by atoms with Crippen molar-refractivity contribution in [1.29, 1.82) is 0 Å². The van der Waals surface area contributed by atoms with Gasteiger partial charge in [-0.05, 0) is 45.6 Å². The molecule has 186 valence electrons. The normalized spacial score (nSPS) is 19.6. The highest BCUT2D eigenvalue weighted by atomic mass is 16.7. The van der Waals surface area contributed by atoms with Gasteiger partial charge >= 0.3 is 12.1 Å². The van der Waals surface area contributed by atoms with Crippen LogP contribution in [0.15, 0.2) is 30.3 Å². The summed E-state index contributed by atoms with van der Waals surface area (Å²) in [6.45, 7) is 6.23. The van der Waals surface area contributed by atoms with Crippen molar-refractivity contribution in [3.05, 3.63) is 35.9 Å². The summed E-state index contributed by atoms with van der Waals surface area (Å²) in [4.78, 5) is 56.2. The third-order valence-corrected chi connectivity index (χ3v) is 5.41. The molecule has 2 unspecified atom stereocenters. The van der Waals surface area contributed by atoms with E-state index in [-0.39, 0.29) is 31.6 Å². The largest absolute Gasteiger partial charge is 0.444 e. The molecule has 2 saturated heterocycles. The Bertz CT molecular complexity index is 888. The molecule has 0 radical (unpaired) electrons. The summed E-state index contributed by atoms with van der Waals surface area (Å²) in [7, 11) is 0. The molecule has 0 aromatic heterocycles. The molecule has 2 aliphatic rings. The Hall–Kier alpha value is -3.34. The van der Waals surface area contributed by atoms with Crippen molar-refractivity contribution in [2.75, 3.05) is 13.1 Å². The van der Waals surface area contributed by atoms with Gasteiger partial charge in [-0.2, -0.15) is 5.06 Å². The smallest absolute Gasteiger partial charge is 0.407 e. The Kier molecular flexibility index (Phi) is 8.32. The number of piperidine rings is 1. The van der Waals surface area contributed by atoms with Crippen LogP contribution < -0.4 is 16.2 Å². The lowest BCUT2D eigenvalue weighted by molar-refractivity contribution is -0.140. The van der Waals surface area contributed by atoms with Gasteiger partial charge in [0.05, 0.1) is 6.04 Å². The van der Waals surface area contributed by atoms with Gasteiger partial charge in [-0.3, -0.25) is 25.3 Å². The molecule has 2 bridgehead atoms. The van der Waals surface area contributed by atoms with Gasteiger partial charge in [0, 0.05) is 19.5 Å². The first-order chi connectivity index (χ1) is 16.1. The Morgan fingerprint density at radius 2 is 1.82 bits per heavy atom. The van der Waals surface area contributed by atoms with Gasteiger partial charge in [-0.1, -0.05) is 30.3 Å². The van der Waals surface area contributed by atoms with E-state index < -0.39 is 29.6 Å². The van der Waals surface area contributed by atoms with Gasteiger partial charge in [0.1, 0.15) is 18.2 Å². The van der Waals surface area contributed by atoms with E-state index in [9.17, 15) is 19.2 Å². The standard InChI is InChI=1S/C23H33N5O6/c1-23(2,3)34-21(31)24-13-7-10-19(29)25-26-20(30)18-12-11-17-14-27(18)22(32)28(17)33-15-16-8-5-4-6-9-16/h4-6,8-9,17-18H,7,10-15H2,1-3H3,(H,24,31)(H,25,29)(H,26,30). The fourth-order valence-corrected chi connectivity index (χ4v) is 3.82. The number of hydrogen-bond acceptors (Lipinski definition) is 6. The number of alkyl carbamates (subject to hydrolysis) is 1. The fraction of sp³-hybridized carbons (Fsp3) is 0.565. The summed E-state index contributed by atoms with van der Waals surface area (Å²) >= 11 is 0. The van der Waals surface area contributed by atoms with E-state index in [1.54, 1.807) is 20.8 Å². The summed E-state index contributed by atoms with van der Waals surface area (Å²) in [6, 6.07) is 8.41. The molecule has 0 spiro atoms. The van der Waals surface area contributed by atoms with E-state index in [1.165, 1.54) is 9.96 Å². The lowest BCUT2D eigenvalue weighted by atomic mass is 10.0. The van der Waals surface area contributed by atoms with Crippen LogP contribution in [-0.2, 0) is 25.8 Å². The highest BCUT2D eigenvalue weighted by molar-refractivity contribution is 5.90. The first-order valence-electron chi connectivity index (χ1n) is 11.5. The minimum absolute atomic E-state index is 0.104. The number of urea groups is 1. The predicted molar refractivity (Wildman–Crippen MR) is 122 cm³/mol. The van der Waals surface area contributed by atoms with Gasteiger partial charge in [-0.25, -0.2) is 9.59 Å². The molecule has 0 saturated carbocycles. The molecule has 2 aliphatic heterocycles. The number of benzene rings is 1. The Balaban J connectivity index is 1.37. The SMILES string of the molecule is CC(C)(C)OC(=O)NCCCC(=O)NNC(=O)C1CCC2CN1C(=O)N2OCc1ccccc1. The lowest BCUT2D eigenvalue weighted by Gasteiger charge is -2.29. The number of carbonyl (C=O) groups is 4. The van der Waals surface area contributed by atoms with Crippen LogP contribution in [0.1, 0.15) is 52.0 Å². The monoisotopic (exact) mass is 475 g/mol. The maximum atomic E-state index is 12.8. The molecule has 1 aromatic rings. The Labute approximate surface area is 199 Å². The van der Waals surface area contributed by atoms with Crippen LogP contribution >= 0.6 is 0 Å². The zero-order valence-corrected chi connectivity index (χ0v) is 19.8. The number of amides is 5. The van der Waals surface area contributed by atoms with Crippen LogP contribution in [0.3, 0.4) is 0 Å². The zero-order chi connectivity index (χ0) is 24.7. The summed E-state index contributed by atoms with van der Waals surface area (Å²) in [6.07, 6.45) is 1.04. The molecule has 2 fully saturated rings. The third kappa shape index (κ3) is 7.08. The van der Waals surface area contributed by atoms with E-state index in [4.69, 9.17) is 9.57 Å². The molecular formula is C23H33N5O6. The molecule has 0 aliphatic carbocycles. The Morgan fingerprint density at radius 1 is 1.09 bits per heavy atom. The van der Waals surface area contributed by atoms with E-state index in [0.29, 0.717) is 25.8 Å². The van der Waals surface area contributed by atoms with Gasteiger partial charge in [0.2, 0.25) is 5.91 Å². The van der Waals surface area contributed by atoms with E-state index in [1.807, 2.05) is 30.3 Å². The quantitative estimate of drug-likeness (QED) is 0.389. The predicted octanol–water partition coefficient (Wildman–Crippen LogP) is 1.84. The van der Waals surface area contributed by atoms with E-state index >= 15 is 0 Å². The van der Waals surface area contributed by atoms with Gasteiger partial charge in [-0.15, -0.1) is 0 Å². The van der Waals surface area contributed by atoms with E-state index in [2.05, 4.69) is 16.2 Å². The van der Waals surface area contributed by atoms with Crippen molar-refractivity contribution in [3.8, 4) is 0 Å². The molecule has 34 heavy (non-hydrogen) atoms. The van der Waals surface area contributed by atoms with E-state index in [0.717, 1.165) is 5.56 Å². The summed E-state index contributed by atoms with van der Waals surface area (Å²) in [5.74, 6) is -0.842. The van der Waals surface area contributed by atoms with Crippen LogP contribution in [0.2, 0.25) is 0 Å². The molecular weight excluding hydrogens is 442 g/mol. The highest BCUT2D eigenvalue weighted by Gasteiger charge is 2.48. The van der Waals surface area contributed by atoms with Gasteiger partial charge < -0.3 is 15.0 Å². The van der Waals surface area contributed by atoms with Crippen LogP contribution in [0.25, 0.3) is 0 Å². The second-order valence-corrected chi connectivity index (χ2v) is 9.34. The number of hydroxylamine groups is 2. The average Bonchev–Trinajstić information content (AvgIpc) is 3.02. The van der Waals surface area contributed by atoms with Crippen LogP contribution in [0, 0.1) is 0 Å². The van der Waals surface area contributed by atoms with Crippen molar-refractivity contribution in [2.24, 2.45) is 0 Å². The first-order valence-corrected chi connectivity index (χ1v) is 11.5. The molecule has 11 nitrogen and oxygen atoms in total. The minimum atomic E-state index is -0.678. The van der Waals surface area contributed by atoms with Gasteiger partial charge in [0.15, 0.2) is 0 Å². The van der Waals surface area contributed by atoms with Crippen LogP contribution in [0.5, 0.6) is 0 Å². The number of nitrogens with one attached hydrogen (secondary N) is 3. The topological polar surface area (TPSA) is 129 Å². The number of hydrogen-bond donors (Lipinski definition) is 3.